The molecule has 0 bridgehead atoms. The monoisotopic (exact) mass is 666 g/mol. The molecule has 1 aliphatic rings. The van der Waals surface area contributed by atoms with Gasteiger partial charge in [0.05, 0.1) is 19.8 Å². The van der Waals surface area contributed by atoms with Gasteiger partial charge in [-0.3, -0.25) is 4.79 Å². The van der Waals surface area contributed by atoms with Crippen molar-refractivity contribution in [2.24, 2.45) is 0 Å². The smallest absolute Gasteiger partial charge is 0.306 e. The number of hydrogen-bond donors (Lipinski definition) is 4. The Kier molecular flexibility index (Phi) is 27.8. The molecular formula is C38H66O9. The van der Waals surface area contributed by atoms with Crippen LogP contribution in [0.3, 0.4) is 0 Å². The summed E-state index contributed by atoms with van der Waals surface area (Å²) in [5.74, 6) is -0.339. The SMILES string of the molecule is CC/C=C\C/C=C\C/C=C\C/C=C\CCCCCCCCCOCC(COC1OC(CO)C(O)C(O)C1O)OC(=O)CCCCCC. The average Bonchev–Trinajstić information content (AvgIpc) is 3.07. The molecule has 0 spiro atoms. The van der Waals surface area contributed by atoms with E-state index in [-0.39, 0.29) is 19.2 Å². The summed E-state index contributed by atoms with van der Waals surface area (Å²) in [6.07, 6.45) is 27.7. The van der Waals surface area contributed by atoms with Gasteiger partial charge in [0.15, 0.2) is 6.29 Å². The minimum absolute atomic E-state index is 0.121. The highest BCUT2D eigenvalue weighted by Gasteiger charge is 2.44. The molecule has 1 rings (SSSR count). The van der Waals surface area contributed by atoms with Gasteiger partial charge >= 0.3 is 5.97 Å². The van der Waals surface area contributed by atoms with Gasteiger partial charge in [-0.15, -0.1) is 0 Å². The number of rotatable bonds is 29. The molecule has 0 saturated carbocycles. The van der Waals surface area contributed by atoms with E-state index < -0.39 is 43.4 Å². The lowest BCUT2D eigenvalue weighted by Crippen LogP contribution is -2.59. The van der Waals surface area contributed by atoms with E-state index in [2.05, 4.69) is 62.5 Å². The molecule has 0 aromatic carbocycles. The molecule has 1 saturated heterocycles. The van der Waals surface area contributed by atoms with Gasteiger partial charge in [-0.2, -0.15) is 0 Å². The third kappa shape index (κ3) is 22.4. The molecule has 9 nitrogen and oxygen atoms in total. The van der Waals surface area contributed by atoms with Crippen LogP contribution in [-0.4, -0.2) is 89.6 Å². The van der Waals surface area contributed by atoms with Crippen molar-refractivity contribution in [3.05, 3.63) is 48.6 Å². The third-order valence-electron chi connectivity index (χ3n) is 8.01. The topological polar surface area (TPSA) is 135 Å². The second kappa shape index (κ2) is 30.2. The van der Waals surface area contributed by atoms with E-state index in [1.807, 2.05) is 0 Å². The first-order valence-electron chi connectivity index (χ1n) is 18.2. The lowest BCUT2D eigenvalue weighted by Gasteiger charge is -2.39. The van der Waals surface area contributed by atoms with E-state index in [0.717, 1.165) is 77.0 Å². The van der Waals surface area contributed by atoms with Gasteiger partial charge in [-0.1, -0.05) is 114 Å². The number of esters is 1. The van der Waals surface area contributed by atoms with Gasteiger partial charge in [0.1, 0.15) is 30.5 Å². The van der Waals surface area contributed by atoms with Crippen LogP contribution in [0, 0.1) is 0 Å². The Bertz CT molecular complexity index is 854. The van der Waals surface area contributed by atoms with Crippen LogP contribution in [0.25, 0.3) is 0 Å². The molecule has 0 radical (unpaired) electrons. The van der Waals surface area contributed by atoms with Crippen molar-refractivity contribution >= 4 is 5.97 Å². The van der Waals surface area contributed by atoms with E-state index >= 15 is 0 Å². The van der Waals surface area contributed by atoms with Crippen molar-refractivity contribution in [2.45, 2.75) is 160 Å². The van der Waals surface area contributed by atoms with Crippen LogP contribution in [0.5, 0.6) is 0 Å². The Morgan fingerprint density at radius 1 is 0.702 bits per heavy atom. The maximum Gasteiger partial charge on any atom is 0.306 e. The van der Waals surface area contributed by atoms with Crippen LogP contribution in [0.1, 0.15) is 123 Å². The Labute approximate surface area is 284 Å². The van der Waals surface area contributed by atoms with E-state index in [4.69, 9.17) is 18.9 Å². The highest BCUT2D eigenvalue weighted by atomic mass is 16.7. The fourth-order valence-electron chi connectivity index (χ4n) is 5.13. The van der Waals surface area contributed by atoms with Crippen LogP contribution >= 0.6 is 0 Å². The molecule has 0 aliphatic carbocycles. The van der Waals surface area contributed by atoms with Crippen LogP contribution in [0.4, 0.5) is 0 Å². The van der Waals surface area contributed by atoms with Crippen LogP contribution in [-0.2, 0) is 23.7 Å². The van der Waals surface area contributed by atoms with Crippen molar-refractivity contribution in [1.82, 2.24) is 0 Å². The van der Waals surface area contributed by atoms with Crippen molar-refractivity contribution in [2.75, 3.05) is 26.4 Å². The number of aliphatic hydroxyl groups is 4. The predicted molar refractivity (Wildman–Crippen MR) is 187 cm³/mol. The van der Waals surface area contributed by atoms with Crippen LogP contribution in [0.2, 0.25) is 0 Å². The fourth-order valence-corrected chi connectivity index (χ4v) is 5.13. The second-order valence-corrected chi connectivity index (χ2v) is 12.3. The Morgan fingerprint density at radius 2 is 1.30 bits per heavy atom. The lowest BCUT2D eigenvalue weighted by molar-refractivity contribution is -0.305. The number of carbonyl (C=O) groups is 1. The normalized spacial score (nSPS) is 22.7. The van der Waals surface area contributed by atoms with Gasteiger partial charge in [-0.05, 0) is 51.4 Å². The number of ether oxygens (including phenoxy) is 4. The van der Waals surface area contributed by atoms with E-state index in [1.165, 1.54) is 25.7 Å². The Balaban J connectivity index is 2.20. The van der Waals surface area contributed by atoms with Crippen LogP contribution < -0.4 is 0 Å². The maximum atomic E-state index is 12.4. The van der Waals surface area contributed by atoms with Gasteiger partial charge in [0, 0.05) is 13.0 Å². The Morgan fingerprint density at radius 3 is 1.94 bits per heavy atom. The molecule has 272 valence electrons. The zero-order chi connectivity index (χ0) is 34.4. The summed E-state index contributed by atoms with van der Waals surface area (Å²) >= 11 is 0. The molecule has 1 aliphatic heterocycles. The molecule has 1 heterocycles. The molecule has 6 unspecified atom stereocenters. The molecule has 4 N–H and O–H groups in total. The number of allylic oxidation sites excluding steroid dienone is 8. The molecule has 47 heavy (non-hydrogen) atoms. The molecule has 9 heteroatoms. The minimum atomic E-state index is -1.54. The molecule has 0 aromatic heterocycles. The summed E-state index contributed by atoms with van der Waals surface area (Å²) in [4.78, 5) is 12.4. The van der Waals surface area contributed by atoms with Crippen molar-refractivity contribution in [1.29, 1.82) is 0 Å². The molecular weight excluding hydrogens is 600 g/mol. The van der Waals surface area contributed by atoms with Crippen molar-refractivity contribution < 1.29 is 44.2 Å². The summed E-state index contributed by atoms with van der Waals surface area (Å²) in [6, 6.07) is 0. The average molecular weight is 667 g/mol. The molecule has 1 fully saturated rings. The first-order valence-corrected chi connectivity index (χ1v) is 18.2. The van der Waals surface area contributed by atoms with Crippen molar-refractivity contribution in [3.8, 4) is 0 Å². The van der Waals surface area contributed by atoms with Crippen LogP contribution in [0.15, 0.2) is 48.6 Å². The first-order chi connectivity index (χ1) is 22.9. The maximum absolute atomic E-state index is 12.4. The lowest BCUT2D eigenvalue weighted by atomic mass is 9.99. The van der Waals surface area contributed by atoms with E-state index in [0.29, 0.717) is 13.0 Å². The summed E-state index contributed by atoms with van der Waals surface area (Å²) in [5.41, 5.74) is 0. The van der Waals surface area contributed by atoms with Crippen molar-refractivity contribution in [3.63, 3.8) is 0 Å². The Hall–Kier alpha value is -1.85. The zero-order valence-electron chi connectivity index (χ0n) is 29.3. The summed E-state index contributed by atoms with van der Waals surface area (Å²) in [6.45, 7) is 4.27. The third-order valence-corrected chi connectivity index (χ3v) is 8.01. The summed E-state index contributed by atoms with van der Waals surface area (Å²) < 4.78 is 22.5. The molecule has 0 aromatic rings. The predicted octanol–water partition coefficient (Wildman–Crippen LogP) is 6.63. The second-order valence-electron chi connectivity index (χ2n) is 12.3. The largest absolute Gasteiger partial charge is 0.457 e. The van der Waals surface area contributed by atoms with Gasteiger partial charge in [0.2, 0.25) is 0 Å². The first kappa shape index (κ1) is 43.2. The van der Waals surface area contributed by atoms with Gasteiger partial charge in [0.25, 0.3) is 0 Å². The standard InChI is InChI=1S/C38H66O9/c1-3-5-7-9-10-11-12-13-14-15-16-17-18-19-20-21-22-23-24-26-28-44-30-32(46-34(40)27-25-8-6-4-2)31-45-38-37(43)36(42)35(41)33(29-39)47-38/h5,7,10-11,13-14,16-17,32-33,35-39,41-43H,3-4,6,8-9,12,15,18-31H2,1-2H3/b7-5-,11-10-,14-13-,17-16-. The van der Waals surface area contributed by atoms with E-state index in [9.17, 15) is 25.2 Å². The van der Waals surface area contributed by atoms with E-state index in [1.54, 1.807) is 0 Å². The zero-order valence-corrected chi connectivity index (χ0v) is 29.3. The minimum Gasteiger partial charge on any atom is -0.457 e. The highest BCUT2D eigenvalue weighted by Crippen LogP contribution is 2.22. The quantitative estimate of drug-likeness (QED) is 0.0394. The fraction of sp³-hybridized carbons (Fsp3) is 0.763. The number of carbonyl (C=O) groups excluding carboxylic acids is 1. The number of unbranched alkanes of at least 4 members (excludes halogenated alkanes) is 10. The number of aliphatic hydroxyl groups excluding tert-OH is 4. The van der Waals surface area contributed by atoms with Gasteiger partial charge in [-0.25, -0.2) is 0 Å². The molecule has 6 atom stereocenters. The molecule has 0 amide bonds. The highest BCUT2D eigenvalue weighted by molar-refractivity contribution is 5.69. The van der Waals surface area contributed by atoms with Gasteiger partial charge < -0.3 is 39.4 Å². The summed E-state index contributed by atoms with van der Waals surface area (Å²) in [7, 11) is 0. The number of hydrogen-bond acceptors (Lipinski definition) is 9. The summed E-state index contributed by atoms with van der Waals surface area (Å²) in [5, 5.41) is 39.7.